The van der Waals surface area contributed by atoms with Crippen molar-refractivity contribution in [3.05, 3.63) is 11.8 Å². The molecule has 0 aromatic carbocycles. The summed E-state index contributed by atoms with van der Waals surface area (Å²) in [4.78, 5) is 14.8. The lowest BCUT2D eigenvalue weighted by atomic mass is 9.66. The number of nitrogens with zero attached hydrogens (tertiary/aromatic N) is 2. The average Bonchev–Trinajstić information content (AvgIpc) is 3.05. The third-order valence-corrected chi connectivity index (χ3v) is 5.41. The van der Waals surface area contributed by atoms with Gasteiger partial charge in [-0.1, -0.05) is 13.8 Å². The number of carbonyl (C=O) groups excluding carboxylic acids is 1. The molecule has 1 aromatic rings. The highest BCUT2D eigenvalue weighted by Crippen LogP contribution is 2.52. The van der Waals surface area contributed by atoms with Gasteiger partial charge in [0, 0.05) is 24.1 Å². The maximum absolute atomic E-state index is 12.4. The number of H-pyrrole nitrogens is 1. The molecule has 0 radical (unpaired) electrons. The summed E-state index contributed by atoms with van der Waals surface area (Å²) in [6.45, 7) is 7.79. The number of hydrogen-bond acceptors (Lipinski definition) is 5. The Labute approximate surface area is 142 Å². The molecule has 1 spiro atoms. The highest BCUT2D eigenvalue weighted by atomic mass is 16.5. The first-order valence-electron chi connectivity index (χ1n) is 8.73. The Morgan fingerprint density at radius 3 is 2.96 bits per heavy atom. The molecule has 2 unspecified atom stereocenters. The molecule has 2 heterocycles. The Bertz CT molecular complexity index is 598. The SMILES string of the molecule is CCOc1cc(C(=O)N[C@@H]2CC3(C[C@H]2O)CN(C)C3C(C)C)[nH]n1. The molecule has 2 aliphatic rings. The monoisotopic (exact) mass is 336 g/mol. The molecule has 3 N–H and O–H groups in total. The summed E-state index contributed by atoms with van der Waals surface area (Å²) < 4.78 is 5.26. The van der Waals surface area contributed by atoms with Crippen LogP contribution in [0.25, 0.3) is 0 Å². The van der Waals surface area contributed by atoms with E-state index in [0.717, 1.165) is 19.4 Å². The topological polar surface area (TPSA) is 90.5 Å². The molecule has 1 amide bonds. The average molecular weight is 336 g/mol. The molecule has 0 bridgehead atoms. The molecule has 24 heavy (non-hydrogen) atoms. The smallest absolute Gasteiger partial charge is 0.269 e. The van der Waals surface area contributed by atoms with E-state index >= 15 is 0 Å². The minimum absolute atomic E-state index is 0.116. The number of carbonyl (C=O) groups is 1. The quantitative estimate of drug-likeness (QED) is 0.747. The highest BCUT2D eigenvalue weighted by molar-refractivity contribution is 5.92. The van der Waals surface area contributed by atoms with Gasteiger partial charge in [0.05, 0.1) is 18.8 Å². The second kappa shape index (κ2) is 6.37. The van der Waals surface area contributed by atoms with Gasteiger partial charge in [0.15, 0.2) is 0 Å². The molecule has 1 aliphatic carbocycles. The van der Waals surface area contributed by atoms with Gasteiger partial charge in [0.1, 0.15) is 5.69 Å². The molecule has 1 saturated carbocycles. The van der Waals surface area contributed by atoms with Crippen LogP contribution in [0.5, 0.6) is 5.88 Å². The number of nitrogens with one attached hydrogen (secondary N) is 2. The van der Waals surface area contributed by atoms with Gasteiger partial charge in [0.2, 0.25) is 5.88 Å². The first-order chi connectivity index (χ1) is 11.4. The number of rotatable bonds is 5. The van der Waals surface area contributed by atoms with Crippen LogP contribution >= 0.6 is 0 Å². The lowest BCUT2D eigenvalue weighted by molar-refractivity contribution is -0.0827. The standard InChI is InChI=1S/C17H28N4O3/c1-5-24-14-6-11(19-20-14)16(23)18-12-7-17(8-13(12)22)9-21(4)15(17)10(2)3/h6,10,12-13,15,22H,5,7-9H2,1-4H3,(H,18,23)(H,19,20)/t12-,13-,15?,17?/m1/s1. The number of ether oxygens (including phenoxy) is 1. The summed E-state index contributed by atoms with van der Waals surface area (Å²) in [5.41, 5.74) is 0.475. The van der Waals surface area contributed by atoms with E-state index in [2.05, 4.69) is 41.3 Å². The molecular weight excluding hydrogens is 308 g/mol. The zero-order valence-electron chi connectivity index (χ0n) is 14.9. The predicted octanol–water partition coefficient (Wildman–Crippen LogP) is 1.02. The first kappa shape index (κ1) is 17.2. The summed E-state index contributed by atoms with van der Waals surface area (Å²) in [5, 5.41) is 20.1. The van der Waals surface area contributed by atoms with E-state index in [1.807, 2.05) is 6.92 Å². The van der Waals surface area contributed by atoms with Gasteiger partial charge in [-0.2, -0.15) is 0 Å². The Morgan fingerprint density at radius 1 is 1.58 bits per heavy atom. The van der Waals surface area contributed by atoms with E-state index in [1.165, 1.54) is 0 Å². The van der Waals surface area contributed by atoms with Gasteiger partial charge >= 0.3 is 0 Å². The number of aromatic nitrogens is 2. The van der Waals surface area contributed by atoms with Gasteiger partial charge in [-0.15, -0.1) is 5.10 Å². The second-order valence-corrected chi connectivity index (χ2v) is 7.57. The van der Waals surface area contributed by atoms with Crippen molar-refractivity contribution in [3.63, 3.8) is 0 Å². The Morgan fingerprint density at radius 2 is 2.33 bits per heavy atom. The van der Waals surface area contributed by atoms with Crippen molar-refractivity contribution in [2.75, 3.05) is 20.2 Å². The fourth-order valence-corrected chi connectivity index (χ4v) is 4.88. The molecule has 1 aromatic heterocycles. The predicted molar refractivity (Wildman–Crippen MR) is 89.9 cm³/mol. The van der Waals surface area contributed by atoms with Crippen LogP contribution in [0.2, 0.25) is 0 Å². The van der Waals surface area contributed by atoms with Gasteiger partial charge in [-0.25, -0.2) is 0 Å². The first-order valence-corrected chi connectivity index (χ1v) is 8.73. The van der Waals surface area contributed by atoms with E-state index < -0.39 is 6.10 Å². The van der Waals surface area contributed by atoms with Crippen LogP contribution in [-0.2, 0) is 0 Å². The van der Waals surface area contributed by atoms with Gasteiger partial charge in [0.25, 0.3) is 5.91 Å². The van der Waals surface area contributed by atoms with Crippen LogP contribution in [0.15, 0.2) is 6.07 Å². The number of likely N-dealkylation sites (tertiary alicyclic amines) is 1. The van der Waals surface area contributed by atoms with Crippen molar-refractivity contribution < 1.29 is 14.6 Å². The van der Waals surface area contributed by atoms with Crippen molar-refractivity contribution in [3.8, 4) is 5.88 Å². The van der Waals surface area contributed by atoms with Crippen molar-refractivity contribution in [2.45, 2.75) is 51.8 Å². The number of aliphatic hydroxyl groups excluding tert-OH is 1. The van der Waals surface area contributed by atoms with Gasteiger partial charge < -0.3 is 20.1 Å². The Hall–Kier alpha value is -1.60. The summed E-state index contributed by atoms with van der Waals surface area (Å²) in [6.07, 6.45) is 1.07. The number of hydrogen-bond donors (Lipinski definition) is 3. The van der Waals surface area contributed by atoms with E-state index in [1.54, 1.807) is 6.07 Å². The number of amides is 1. The van der Waals surface area contributed by atoms with Crippen LogP contribution < -0.4 is 10.1 Å². The fraction of sp³-hybridized carbons (Fsp3) is 0.765. The maximum Gasteiger partial charge on any atom is 0.269 e. The minimum atomic E-state index is -0.502. The third-order valence-electron chi connectivity index (χ3n) is 5.41. The normalized spacial score (nSPS) is 33.0. The molecule has 7 nitrogen and oxygen atoms in total. The van der Waals surface area contributed by atoms with Crippen LogP contribution in [0, 0.1) is 11.3 Å². The van der Waals surface area contributed by atoms with Crippen LogP contribution in [0.3, 0.4) is 0 Å². The third kappa shape index (κ3) is 2.91. The van der Waals surface area contributed by atoms with Crippen molar-refractivity contribution in [2.24, 2.45) is 11.3 Å². The summed E-state index contributed by atoms with van der Waals surface area (Å²) in [7, 11) is 2.13. The molecular formula is C17H28N4O3. The zero-order chi connectivity index (χ0) is 17.5. The van der Waals surface area contributed by atoms with E-state index in [0.29, 0.717) is 30.1 Å². The van der Waals surface area contributed by atoms with Crippen molar-refractivity contribution in [1.29, 1.82) is 0 Å². The Kier molecular flexibility index (Phi) is 4.57. The highest BCUT2D eigenvalue weighted by Gasteiger charge is 2.58. The zero-order valence-corrected chi connectivity index (χ0v) is 14.9. The van der Waals surface area contributed by atoms with Gasteiger partial charge in [-0.05, 0) is 32.7 Å². The molecule has 4 atom stereocenters. The largest absolute Gasteiger partial charge is 0.477 e. The minimum Gasteiger partial charge on any atom is -0.477 e. The van der Waals surface area contributed by atoms with Crippen LogP contribution in [0.1, 0.15) is 44.1 Å². The van der Waals surface area contributed by atoms with Crippen molar-refractivity contribution in [1.82, 2.24) is 20.4 Å². The number of aromatic amines is 1. The molecule has 1 saturated heterocycles. The van der Waals surface area contributed by atoms with Gasteiger partial charge in [-0.3, -0.25) is 9.89 Å². The molecule has 2 fully saturated rings. The van der Waals surface area contributed by atoms with E-state index in [-0.39, 0.29) is 17.4 Å². The summed E-state index contributed by atoms with van der Waals surface area (Å²) in [6, 6.07) is 1.83. The van der Waals surface area contributed by atoms with E-state index in [4.69, 9.17) is 4.74 Å². The molecule has 3 rings (SSSR count). The van der Waals surface area contributed by atoms with Crippen LogP contribution in [-0.4, -0.2) is 64.5 Å². The lowest BCUT2D eigenvalue weighted by Crippen LogP contribution is -2.64. The maximum atomic E-state index is 12.4. The molecule has 1 aliphatic heterocycles. The fourth-order valence-electron chi connectivity index (χ4n) is 4.88. The molecule has 134 valence electrons. The Balaban J connectivity index is 1.64. The van der Waals surface area contributed by atoms with E-state index in [9.17, 15) is 9.90 Å². The van der Waals surface area contributed by atoms with Crippen LogP contribution in [0.4, 0.5) is 0 Å². The van der Waals surface area contributed by atoms with Crippen molar-refractivity contribution >= 4 is 5.91 Å². The summed E-state index contributed by atoms with van der Waals surface area (Å²) in [5.74, 6) is 0.696. The second-order valence-electron chi connectivity index (χ2n) is 7.57. The summed E-state index contributed by atoms with van der Waals surface area (Å²) >= 11 is 0. The lowest BCUT2D eigenvalue weighted by Gasteiger charge is -2.57. The molecule has 7 heteroatoms. The number of aliphatic hydroxyl groups is 1.